The molecule has 130 valence electrons. The van der Waals surface area contributed by atoms with E-state index < -0.39 is 17.6 Å². The number of aryl methyl sites for hydroxylation is 1. The molecule has 5 nitrogen and oxygen atoms in total. The molecule has 3 rings (SSSR count). The molecule has 1 unspecified atom stereocenters. The Morgan fingerprint density at radius 2 is 1.72 bits per heavy atom. The van der Waals surface area contributed by atoms with Crippen LogP contribution >= 0.6 is 0 Å². The van der Waals surface area contributed by atoms with Gasteiger partial charge in [-0.15, -0.1) is 0 Å². The molecule has 0 bridgehead atoms. The van der Waals surface area contributed by atoms with Crippen LogP contribution in [0.5, 0.6) is 0 Å². The van der Waals surface area contributed by atoms with E-state index in [2.05, 4.69) is 5.32 Å². The van der Waals surface area contributed by atoms with Gasteiger partial charge in [-0.25, -0.2) is 4.79 Å². The Labute approximate surface area is 146 Å². The van der Waals surface area contributed by atoms with Gasteiger partial charge in [-0.1, -0.05) is 54.6 Å². The Hall–Kier alpha value is -2.82. The molecule has 2 N–H and O–H groups in total. The van der Waals surface area contributed by atoms with Crippen LogP contribution in [0.15, 0.2) is 54.6 Å². The smallest absolute Gasteiger partial charge is 0.407 e. The first-order valence-electron chi connectivity index (χ1n) is 8.34. The third kappa shape index (κ3) is 4.38. The van der Waals surface area contributed by atoms with Crippen molar-refractivity contribution in [3.63, 3.8) is 0 Å². The maximum absolute atomic E-state index is 12.3. The molecule has 1 aliphatic rings. The topological polar surface area (TPSA) is 75.6 Å². The lowest BCUT2D eigenvalue weighted by atomic mass is 9.76. The minimum Gasteiger partial charge on any atom is -0.481 e. The molecule has 0 fully saturated rings. The van der Waals surface area contributed by atoms with Crippen molar-refractivity contribution in [2.45, 2.75) is 37.8 Å². The molecule has 1 atom stereocenters. The molecule has 2 aromatic rings. The standard InChI is InChI=1S/C20H21NO4/c22-18(23)13-20(11-10-16-8-4-5-9-17(16)12-20)21-19(24)25-14-15-6-2-1-3-7-15/h1-9H,10-14H2,(H,21,24)(H,22,23). The first-order chi connectivity index (χ1) is 12.1. The second-order valence-electron chi connectivity index (χ2n) is 6.48. The number of carbonyl (C=O) groups excluding carboxylic acids is 1. The Morgan fingerprint density at radius 3 is 2.44 bits per heavy atom. The average Bonchev–Trinajstić information content (AvgIpc) is 2.60. The van der Waals surface area contributed by atoms with Crippen LogP contribution in [0.1, 0.15) is 29.5 Å². The molecular weight excluding hydrogens is 318 g/mol. The third-order valence-corrected chi connectivity index (χ3v) is 4.59. The summed E-state index contributed by atoms with van der Waals surface area (Å²) in [7, 11) is 0. The number of rotatable bonds is 5. The highest BCUT2D eigenvalue weighted by molar-refractivity contribution is 5.73. The molecule has 1 aliphatic carbocycles. The highest BCUT2D eigenvalue weighted by Gasteiger charge is 2.38. The molecule has 0 saturated carbocycles. The number of alkyl carbamates (subject to hydrolysis) is 1. The van der Waals surface area contributed by atoms with E-state index in [-0.39, 0.29) is 13.0 Å². The van der Waals surface area contributed by atoms with Gasteiger partial charge in [0.25, 0.3) is 0 Å². The van der Waals surface area contributed by atoms with Crippen molar-refractivity contribution in [3.05, 3.63) is 71.3 Å². The second-order valence-corrected chi connectivity index (χ2v) is 6.48. The molecule has 0 aliphatic heterocycles. The number of aliphatic carboxylic acids is 1. The number of carboxylic acids is 1. The molecule has 25 heavy (non-hydrogen) atoms. The van der Waals surface area contributed by atoms with Gasteiger partial charge in [0.05, 0.1) is 12.0 Å². The molecule has 5 heteroatoms. The van der Waals surface area contributed by atoms with Crippen molar-refractivity contribution in [3.8, 4) is 0 Å². The van der Waals surface area contributed by atoms with Crippen molar-refractivity contribution in [2.75, 3.05) is 0 Å². The van der Waals surface area contributed by atoms with Crippen LogP contribution in [0, 0.1) is 0 Å². The number of amides is 1. The summed E-state index contributed by atoms with van der Waals surface area (Å²) in [5, 5.41) is 12.1. The fraction of sp³-hybridized carbons (Fsp3) is 0.300. The van der Waals surface area contributed by atoms with Gasteiger partial charge in [0.1, 0.15) is 6.61 Å². The maximum Gasteiger partial charge on any atom is 0.407 e. The number of hydrogen-bond donors (Lipinski definition) is 2. The molecule has 0 heterocycles. The van der Waals surface area contributed by atoms with Gasteiger partial charge in [0.2, 0.25) is 0 Å². The first-order valence-corrected chi connectivity index (χ1v) is 8.34. The van der Waals surface area contributed by atoms with E-state index in [1.807, 2.05) is 54.6 Å². The summed E-state index contributed by atoms with van der Waals surface area (Å²) in [5.74, 6) is -0.928. The largest absolute Gasteiger partial charge is 0.481 e. The number of benzene rings is 2. The molecule has 0 saturated heterocycles. The Bertz CT molecular complexity index is 759. The SMILES string of the molecule is O=C(O)CC1(NC(=O)OCc2ccccc2)CCc2ccccc2C1. The van der Waals surface area contributed by atoms with Gasteiger partial charge in [-0.3, -0.25) is 4.79 Å². The molecule has 2 aromatic carbocycles. The summed E-state index contributed by atoms with van der Waals surface area (Å²) in [6, 6.07) is 17.3. The van der Waals surface area contributed by atoms with Gasteiger partial charge in [-0.2, -0.15) is 0 Å². The normalized spacial score (nSPS) is 18.9. The van der Waals surface area contributed by atoms with Crippen LogP contribution in [0.2, 0.25) is 0 Å². The Kier molecular flexibility index (Phi) is 5.03. The number of fused-ring (bicyclic) bond motifs is 1. The zero-order valence-corrected chi connectivity index (χ0v) is 13.9. The van der Waals surface area contributed by atoms with Crippen LogP contribution in [0.3, 0.4) is 0 Å². The van der Waals surface area contributed by atoms with Gasteiger partial charge in [-0.05, 0) is 36.0 Å². The number of carbonyl (C=O) groups is 2. The Balaban J connectivity index is 1.69. The van der Waals surface area contributed by atoms with Crippen LogP contribution in [0.25, 0.3) is 0 Å². The number of hydrogen-bond acceptors (Lipinski definition) is 3. The zero-order valence-electron chi connectivity index (χ0n) is 13.9. The minimum absolute atomic E-state index is 0.123. The van der Waals surface area contributed by atoms with Gasteiger partial charge >= 0.3 is 12.1 Å². The van der Waals surface area contributed by atoms with E-state index in [0.717, 1.165) is 17.5 Å². The molecular formula is C20H21NO4. The summed E-state index contributed by atoms with van der Waals surface area (Å²) in [6.07, 6.45) is 1.11. The van der Waals surface area contributed by atoms with Crippen LogP contribution < -0.4 is 5.32 Å². The minimum atomic E-state index is -0.928. The number of ether oxygens (including phenoxy) is 1. The zero-order chi connectivity index (χ0) is 17.7. The highest BCUT2D eigenvalue weighted by Crippen LogP contribution is 2.31. The van der Waals surface area contributed by atoms with E-state index in [9.17, 15) is 14.7 Å². The molecule has 1 amide bonds. The number of carboxylic acid groups (broad SMARTS) is 1. The number of nitrogens with one attached hydrogen (secondary N) is 1. The summed E-state index contributed by atoms with van der Waals surface area (Å²) in [6.45, 7) is 0.159. The Morgan fingerprint density at radius 1 is 1.04 bits per heavy atom. The predicted molar refractivity (Wildman–Crippen MR) is 93.2 cm³/mol. The third-order valence-electron chi connectivity index (χ3n) is 4.59. The highest BCUT2D eigenvalue weighted by atomic mass is 16.5. The summed E-state index contributed by atoms with van der Waals surface area (Å²) >= 11 is 0. The predicted octanol–water partition coefficient (Wildman–Crippen LogP) is 3.32. The van der Waals surface area contributed by atoms with Crippen LogP contribution in [-0.2, 0) is 29.0 Å². The van der Waals surface area contributed by atoms with Gasteiger partial charge in [0, 0.05) is 0 Å². The van der Waals surface area contributed by atoms with E-state index in [4.69, 9.17) is 4.74 Å². The van der Waals surface area contributed by atoms with Crippen molar-refractivity contribution in [1.82, 2.24) is 5.32 Å². The van der Waals surface area contributed by atoms with Crippen molar-refractivity contribution < 1.29 is 19.4 Å². The first kappa shape index (κ1) is 17.0. The van der Waals surface area contributed by atoms with E-state index in [1.165, 1.54) is 5.56 Å². The summed E-state index contributed by atoms with van der Waals surface area (Å²) in [4.78, 5) is 23.6. The van der Waals surface area contributed by atoms with Crippen molar-refractivity contribution >= 4 is 12.1 Å². The fourth-order valence-electron chi connectivity index (χ4n) is 3.37. The summed E-state index contributed by atoms with van der Waals surface area (Å²) < 4.78 is 5.28. The van der Waals surface area contributed by atoms with Crippen molar-refractivity contribution in [1.29, 1.82) is 0 Å². The quantitative estimate of drug-likeness (QED) is 0.876. The average molecular weight is 339 g/mol. The monoisotopic (exact) mass is 339 g/mol. The molecule has 0 aromatic heterocycles. The molecule has 0 radical (unpaired) electrons. The van der Waals surface area contributed by atoms with Crippen LogP contribution in [-0.4, -0.2) is 22.7 Å². The van der Waals surface area contributed by atoms with Crippen molar-refractivity contribution in [2.24, 2.45) is 0 Å². The van der Waals surface area contributed by atoms with Gasteiger partial charge < -0.3 is 15.2 Å². The summed E-state index contributed by atoms with van der Waals surface area (Å²) in [5.41, 5.74) is 2.37. The van der Waals surface area contributed by atoms with E-state index in [0.29, 0.717) is 12.8 Å². The lowest BCUT2D eigenvalue weighted by Gasteiger charge is -2.37. The lowest BCUT2D eigenvalue weighted by molar-refractivity contribution is -0.138. The van der Waals surface area contributed by atoms with Crippen LogP contribution in [0.4, 0.5) is 4.79 Å². The fourth-order valence-corrected chi connectivity index (χ4v) is 3.37. The van der Waals surface area contributed by atoms with E-state index in [1.54, 1.807) is 0 Å². The van der Waals surface area contributed by atoms with Gasteiger partial charge in [0.15, 0.2) is 0 Å². The van der Waals surface area contributed by atoms with E-state index >= 15 is 0 Å². The lowest BCUT2D eigenvalue weighted by Crippen LogP contribution is -2.53. The second kappa shape index (κ2) is 7.38. The maximum atomic E-state index is 12.3. The molecule has 0 spiro atoms.